The highest BCUT2D eigenvalue weighted by atomic mass is 16.7. The third-order valence-corrected chi connectivity index (χ3v) is 7.26. The van der Waals surface area contributed by atoms with Gasteiger partial charge in [-0.2, -0.15) is 0 Å². The van der Waals surface area contributed by atoms with E-state index < -0.39 is 124 Å². The quantitative estimate of drug-likeness (QED) is 0.114. The van der Waals surface area contributed by atoms with Crippen LogP contribution < -0.4 is 14.9 Å². The molecule has 5 rings (SSSR count). The lowest BCUT2D eigenvalue weighted by molar-refractivity contribution is -0.271. The minimum absolute atomic E-state index is 0.178. The molecule has 10 atom stereocenters. The van der Waals surface area contributed by atoms with Gasteiger partial charge in [0.2, 0.25) is 23.8 Å². The summed E-state index contributed by atoms with van der Waals surface area (Å²) in [6.45, 7) is 0. The zero-order valence-corrected chi connectivity index (χ0v) is 22.8. The zero-order chi connectivity index (χ0) is 33.8. The number of rotatable bonds is 7. The van der Waals surface area contributed by atoms with Gasteiger partial charge in [-0.1, -0.05) is 0 Å². The summed E-state index contributed by atoms with van der Waals surface area (Å²) in [5.41, 5.74) is -1.86. The largest absolute Gasteiger partial charge is 0.507 e. The molecular formula is C27H26O19. The van der Waals surface area contributed by atoms with Crippen molar-refractivity contribution in [2.45, 2.75) is 61.4 Å². The van der Waals surface area contributed by atoms with E-state index in [9.17, 15) is 70.6 Å². The van der Waals surface area contributed by atoms with Gasteiger partial charge in [-0.15, -0.1) is 0 Å². The number of benzene rings is 2. The van der Waals surface area contributed by atoms with E-state index in [0.717, 1.165) is 30.3 Å². The minimum Gasteiger partial charge on any atom is -0.507 e. The van der Waals surface area contributed by atoms with Crippen molar-refractivity contribution in [2.24, 2.45) is 0 Å². The lowest BCUT2D eigenvalue weighted by Gasteiger charge is -2.38. The number of phenolic OH excluding ortho intramolecular Hbond substituents is 3. The molecule has 19 heteroatoms. The maximum Gasteiger partial charge on any atom is 0.335 e. The number of carbonyl (C=O) groups is 2. The number of hydrogen-bond acceptors (Lipinski definition) is 17. The molecular weight excluding hydrogens is 628 g/mol. The Balaban J connectivity index is 1.61. The van der Waals surface area contributed by atoms with Crippen LogP contribution >= 0.6 is 0 Å². The first-order valence-electron chi connectivity index (χ1n) is 13.1. The fourth-order valence-corrected chi connectivity index (χ4v) is 4.84. The van der Waals surface area contributed by atoms with E-state index in [0.29, 0.717) is 0 Å². The third-order valence-electron chi connectivity index (χ3n) is 7.26. The number of aliphatic carboxylic acids is 2. The van der Waals surface area contributed by atoms with E-state index >= 15 is 0 Å². The van der Waals surface area contributed by atoms with Gasteiger partial charge in [0.15, 0.2) is 29.5 Å². The molecule has 2 saturated heterocycles. The van der Waals surface area contributed by atoms with E-state index in [2.05, 4.69) is 0 Å². The van der Waals surface area contributed by atoms with Crippen LogP contribution in [0.4, 0.5) is 0 Å². The molecule has 2 fully saturated rings. The molecule has 2 aromatic carbocycles. The topological polar surface area (TPSA) is 324 Å². The lowest BCUT2D eigenvalue weighted by atomic mass is 9.99. The first kappa shape index (κ1) is 32.7. The number of ether oxygens (including phenoxy) is 4. The predicted octanol–water partition coefficient (Wildman–Crippen LogP) is -2.88. The van der Waals surface area contributed by atoms with Crippen molar-refractivity contribution in [2.75, 3.05) is 0 Å². The number of aliphatic hydroxyl groups excluding tert-OH is 6. The number of carboxylic acid groups (broad SMARTS) is 2. The van der Waals surface area contributed by atoms with Crippen LogP contribution in [0.25, 0.3) is 22.3 Å². The number of aliphatic hydroxyl groups is 6. The Morgan fingerprint density at radius 3 is 1.72 bits per heavy atom. The highest BCUT2D eigenvalue weighted by molar-refractivity contribution is 5.88. The molecule has 46 heavy (non-hydrogen) atoms. The molecule has 11 N–H and O–H groups in total. The van der Waals surface area contributed by atoms with Gasteiger partial charge in [-0.3, -0.25) is 4.79 Å². The highest BCUT2D eigenvalue weighted by Crippen LogP contribution is 2.40. The van der Waals surface area contributed by atoms with Crippen molar-refractivity contribution >= 4 is 22.9 Å². The molecule has 0 unspecified atom stereocenters. The third kappa shape index (κ3) is 5.72. The SMILES string of the molecule is O=C(O)[C@H]1O[C@H](Oc2c(-c3ccc(O)c(O)c3)oc3cc(O[C@H]4O[C@H](C(=O)O)[C@@H](O)[C@@H](O)[C@@H]4O)cc(O)c3c2=O)[C@@H](O)[C@@H](O)[C@H]1O. The molecule has 0 saturated carbocycles. The number of fused-ring (bicyclic) bond motifs is 1. The van der Waals surface area contributed by atoms with Crippen molar-refractivity contribution < 1.29 is 89.1 Å². The Hall–Kier alpha value is -4.73. The van der Waals surface area contributed by atoms with Crippen LogP contribution in [-0.2, 0) is 19.1 Å². The number of carboxylic acids is 2. The first-order valence-corrected chi connectivity index (χ1v) is 13.1. The number of phenols is 3. The second kappa shape index (κ2) is 12.2. The second-order valence-corrected chi connectivity index (χ2v) is 10.3. The Kier molecular flexibility index (Phi) is 8.68. The molecule has 0 spiro atoms. The van der Waals surface area contributed by atoms with Crippen LogP contribution in [0.2, 0.25) is 0 Å². The van der Waals surface area contributed by atoms with E-state index in [1.54, 1.807) is 0 Å². The Morgan fingerprint density at radius 1 is 0.652 bits per heavy atom. The summed E-state index contributed by atoms with van der Waals surface area (Å²) in [5.74, 6) is -7.50. The van der Waals surface area contributed by atoms with Crippen molar-refractivity contribution in [3.63, 3.8) is 0 Å². The Labute approximate surface area is 254 Å². The molecule has 0 amide bonds. The van der Waals surface area contributed by atoms with Crippen LogP contribution in [-0.4, -0.2) is 130 Å². The molecule has 0 aliphatic carbocycles. The summed E-state index contributed by atoms with van der Waals surface area (Å²) in [4.78, 5) is 36.7. The average Bonchev–Trinajstić information content (AvgIpc) is 2.99. The van der Waals surface area contributed by atoms with E-state index in [4.69, 9.17) is 23.4 Å². The molecule has 2 aliphatic heterocycles. The van der Waals surface area contributed by atoms with E-state index in [1.165, 1.54) is 0 Å². The number of aromatic hydroxyl groups is 3. The summed E-state index contributed by atoms with van der Waals surface area (Å²) in [5, 5.41) is 109. The van der Waals surface area contributed by atoms with Crippen molar-refractivity contribution in [3.8, 4) is 40.1 Å². The number of hydrogen-bond donors (Lipinski definition) is 11. The highest BCUT2D eigenvalue weighted by Gasteiger charge is 2.49. The van der Waals surface area contributed by atoms with Crippen LogP contribution in [0, 0.1) is 0 Å². The van der Waals surface area contributed by atoms with Gasteiger partial charge in [0, 0.05) is 17.7 Å². The van der Waals surface area contributed by atoms with Gasteiger partial charge in [0.05, 0.1) is 0 Å². The van der Waals surface area contributed by atoms with Crippen molar-refractivity contribution in [1.82, 2.24) is 0 Å². The smallest absolute Gasteiger partial charge is 0.335 e. The van der Waals surface area contributed by atoms with E-state index in [1.807, 2.05) is 0 Å². The molecule has 0 bridgehead atoms. The maximum atomic E-state index is 13.7. The molecule has 1 aromatic heterocycles. The van der Waals surface area contributed by atoms with Crippen LogP contribution in [0.5, 0.6) is 28.7 Å². The van der Waals surface area contributed by atoms with Gasteiger partial charge >= 0.3 is 11.9 Å². The van der Waals surface area contributed by atoms with Gasteiger partial charge < -0.3 is 79.5 Å². The Morgan fingerprint density at radius 2 is 1.20 bits per heavy atom. The molecule has 0 radical (unpaired) electrons. The standard InChI is InChI=1S/C27H26O19/c28-8-2-1-6(3-9(8)29)20-21(44-27-19(37)15(33)17(35)23(46-27)25(40)41)13(31)12-10(30)4-7(5-11(12)43-20)42-26-18(36)14(32)16(34)22(45-26)24(38)39/h1-5,14-19,22-23,26-30,32-37H,(H,38,39)(H,40,41)/t14-,15+,16+,17-,18+,19+,22+,23+,26+,27+/m1/s1. The van der Waals surface area contributed by atoms with Gasteiger partial charge in [0.25, 0.3) is 0 Å². The molecule has 3 heterocycles. The monoisotopic (exact) mass is 654 g/mol. The molecule has 248 valence electrons. The van der Waals surface area contributed by atoms with Crippen molar-refractivity contribution in [3.05, 3.63) is 40.6 Å². The Bertz CT molecular complexity index is 1720. The summed E-state index contributed by atoms with van der Waals surface area (Å²) in [6, 6.07) is 4.79. The average molecular weight is 654 g/mol. The zero-order valence-electron chi connectivity index (χ0n) is 22.8. The van der Waals surface area contributed by atoms with Gasteiger partial charge in [-0.05, 0) is 18.2 Å². The summed E-state index contributed by atoms with van der Waals surface area (Å²) in [7, 11) is 0. The summed E-state index contributed by atoms with van der Waals surface area (Å²) in [6.07, 6.45) is -20.6. The van der Waals surface area contributed by atoms with E-state index in [-0.39, 0.29) is 5.56 Å². The van der Waals surface area contributed by atoms with Crippen LogP contribution in [0.1, 0.15) is 0 Å². The van der Waals surface area contributed by atoms with Crippen molar-refractivity contribution in [1.29, 1.82) is 0 Å². The predicted molar refractivity (Wildman–Crippen MR) is 143 cm³/mol. The molecule has 3 aromatic rings. The minimum atomic E-state index is -2.13. The second-order valence-electron chi connectivity index (χ2n) is 10.3. The van der Waals surface area contributed by atoms with Crippen LogP contribution in [0.3, 0.4) is 0 Å². The van der Waals surface area contributed by atoms with Gasteiger partial charge in [0.1, 0.15) is 59.1 Å². The summed E-state index contributed by atoms with van der Waals surface area (Å²) < 4.78 is 26.8. The lowest BCUT2D eigenvalue weighted by Crippen LogP contribution is -2.61. The fourth-order valence-electron chi connectivity index (χ4n) is 4.84. The fraction of sp³-hybridized carbons (Fsp3) is 0.370. The molecule has 19 nitrogen and oxygen atoms in total. The maximum absolute atomic E-state index is 13.7. The summed E-state index contributed by atoms with van der Waals surface area (Å²) >= 11 is 0. The first-order chi connectivity index (χ1) is 21.6. The molecule has 2 aliphatic rings. The normalized spacial score (nSPS) is 31.3. The van der Waals surface area contributed by atoms with Gasteiger partial charge in [-0.25, -0.2) is 9.59 Å². The van der Waals surface area contributed by atoms with Crippen LogP contribution in [0.15, 0.2) is 39.5 Å².